The molecule has 0 fully saturated rings. The average molecular weight is 340 g/mol. The van der Waals surface area contributed by atoms with Crippen molar-refractivity contribution in [3.05, 3.63) is 59.9 Å². The summed E-state index contributed by atoms with van der Waals surface area (Å²) in [5.41, 5.74) is 3.06. The Morgan fingerprint density at radius 2 is 2.04 bits per heavy atom. The molecule has 0 spiro atoms. The minimum absolute atomic E-state index is 0.181. The minimum atomic E-state index is -1.00. The van der Waals surface area contributed by atoms with Crippen LogP contribution in [0.25, 0.3) is 11.0 Å². The number of anilines is 1. The Morgan fingerprint density at radius 1 is 1.29 bits per heavy atom. The van der Waals surface area contributed by atoms with E-state index < -0.39 is 5.97 Å². The van der Waals surface area contributed by atoms with Gasteiger partial charge in [0.2, 0.25) is 0 Å². The predicted molar refractivity (Wildman–Crippen MR) is 97.2 cm³/mol. The van der Waals surface area contributed by atoms with E-state index in [4.69, 9.17) is 12.2 Å². The Balaban J connectivity index is 1.77. The van der Waals surface area contributed by atoms with Crippen molar-refractivity contribution < 1.29 is 9.90 Å². The number of hydrogen-bond acceptors (Lipinski definition) is 3. The Labute approximate surface area is 144 Å². The molecule has 24 heavy (non-hydrogen) atoms. The molecule has 0 saturated carbocycles. The van der Waals surface area contributed by atoms with Crippen LogP contribution in [0.3, 0.4) is 0 Å². The zero-order chi connectivity index (χ0) is 17.1. The summed E-state index contributed by atoms with van der Waals surface area (Å²) in [6.07, 6.45) is 1.59. The topological polar surface area (TPSA) is 79.2 Å². The van der Waals surface area contributed by atoms with E-state index in [-0.39, 0.29) is 5.56 Å². The zero-order valence-corrected chi connectivity index (χ0v) is 13.8. The highest BCUT2D eigenvalue weighted by Gasteiger charge is 2.14. The van der Waals surface area contributed by atoms with Crippen molar-refractivity contribution in [2.24, 2.45) is 7.05 Å². The Morgan fingerprint density at radius 3 is 2.75 bits per heavy atom. The molecule has 0 radical (unpaired) electrons. The van der Waals surface area contributed by atoms with Gasteiger partial charge in [0.1, 0.15) is 0 Å². The summed E-state index contributed by atoms with van der Waals surface area (Å²) in [6.45, 7) is 0.588. The number of aromatic nitrogens is 2. The van der Waals surface area contributed by atoms with Crippen LogP contribution in [0.15, 0.2) is 48.8 Å². The van der Waals surface area contributed by atoms with Crippen LogP contribution in [0.1, 0.15) is 15.9 Å². The van der Waals surface area contributed by atoms with Crippen molar-refractivity contribution in [3.63, 3.8) is 0 Å². The van der Waals surface area contributed by atoms with Crippen LogP contribution in [-0.2, 0) is 13.6 Å². The van der Waals surface area contributed by atoms with Crippen LogP contribution in [0.2, 0.25) is 0 Å². The van der Waals surface area contributed by atoms with E-state index in [1.807, 2.05) is 30.3 Å². The fourth-order valence-electron chi connectivity index (χ4n) is 2.48. The number of carbonyl (C=O) groups is 1. The number of nitrogens with zero attached hydrogens (tertiary/aromatic N) is 2. The van der Waals surface area contributed by atoms with Crippen molar-refractivity contribution in [2.75, 3.05) is 5.32 Å². The lowest BCUT2D eigenvalue weighted by Crippen LogP contribution is -2.28. The van der Waals surface area contributed by atoms with Gasteiger partial charge in [0.05, 0.1) is 22.9 Å². The van der Waals surface area contributed by atoms with E-state index in [0.29, 0.717) is 28.4 Å². The number of fused-ring (bicyclic) bond motifs is 1. The molecule has 0 aliphatic carbocycles. The molecule has 0 amide bonds. The third-order valence-electron chi connectivity index (χ3n) is 3.60. The lowest BCUT2D eigenvalue weighted by atomic mass is 10.1. The van der Waals surface area contributed by atoms with Gasteiger partial charge >= 0.3 is 5.97 Å². The molecule has 0 saturated heterocycles. The molecule has 3 N–H and O–H groups in total. The van der Waals surface area contributed by atoms with Crippen LogP contribution in [0, 0.1) is 0 Å². The van der Waals surface area contributed by atoms with E-state index in [0.717, 1.165) is 5.56 Å². The molecule has 2 aromatic carbocycles. The number of benzene rings is 2. The van der Waals surface area contributed by atoms with Gasteiger partial charge in [-0.1, -0.05) is 30.3 Å². The van der Waals surface area contributed by atoms with Gasteiger partial charge in [-0.3, -0.25) is 0 Å². The van der Waals surface area contributed by atoms with E-state index in [1.54, 1.807) is 30.1 Å². The number of aromatic carboxylic acids is 1. The monoisotopic (exact) mass is 340 g/mol. The van der Waals surface area contributed by atoms with Gasteiger partial charge in [0, 0.05) is 19.3 Å². The summed E-state index contributed by atoms with van der Waals surface area (Å²) in [5.74, 6) is -1.00. The highest BCUT2D eigenvalue weighted by molar-refractivity contribution is 7.80. The number of aryl methyl sites for hydroxylation is 1. The second-order valence-electron chi connectivity index (χ2n) is 5.35. The maximum atomic E-state index is 11.5. The van der Waals surface area contributed by atoms with Crippen LogP contribution < -0.4 is 10.6 Å². The summed E-state index contributed by atoms with van der Waals surface area (Å²) in [6, 6.07) is 13.2. The number of nitrogens with one attached hydrogen (secondary N) is 2. The lowest BCUT2D eigenvalue weighted by Gasteiger charge is -2.12. The predicted octanol–water partition coefficient (Wildman–Crippen LogP) is 2.76. The third kappa shape index (κ3) is 3.36. The number of thiocarbonyl (C=S) groups is 1. The normalized spacial score (nSPS) is 10.5. The molecule has 3 rings (SSSR count). The van der Waals surface area contributed by atoms with Crippen LogP contribution in [0.4, 0.5) is 5.69 Å². The summed E-state index contributed by atoms with van der Waals surface area (Å²) in [5, 5.41) is 16.0. The Kier molecular flexibility index (Phi) is 4.43. The van der Waals surface area contributed by atoms with Crippen LogP contribution >= 0.6 is 12.2 Å². The van der Waals surface area contributed by atoms with Crippen molar-refractivity contribution in [1.82, 2.24) is 14.9 Å². The summed E-state index contributed by atoms with van der Waals surface area (Å²) in [4.78, 5) is 15.7. The molecule has 0 atom stereocenters. The van der Waals surface area contributed by atoms with Gasteiger partial charge in [-0.25, -0.2) is 9.78 Å². The Hall–Kier alpha value is -2.93. The number of carboxylic acid groups (broad SMARTS) is 1. The van der Waals surface area contributed by atoms with Crippen molar-refractivity contribution in [2.45, 2.75) is 6.54 Å². The van der Waals surface area contributed by atoms with Gasteiger partial charge in [-0.15, -0.1) is 0 Å². The highest BCUT2D eigenvalue weighted by atomic mass is 32.1. The first-order valence-corrected chi connectivity index (χ1v) is 7.72. The molecule has 0 bridgehead atoms. The number of imidazole rings is 1. The SMILES string of the molecule is Cn1cnc2cc(NC(=S)NCc3ccccc3)cc(C(=O)O)c21. The quantitative estimate of drug-likeness (QED) is 0.634. The number of hydrogen-bond donors (Lipinski definition) is 3. The summed E-state index contributed by atoms with van der Waals surface area (Å²) < 4.78 is 1.69. The maximum Gasteiger partial charge on any atom is 0.337 e. The van der Waals surface area contributed by atoms with Gasteiger partial charge in [-0.05, 0) is 29.9 Å². The standard InChI is InChI=1S/C17H16N4O2S/c1-21-10-19-14-8-12(7-13(15(14)21)16(22)23)20-17(24)18-9-11-5-3-2-4-6-11/h2-8,10H,9H2,1H3,(H,22,23)(H2,18,20,24). The van der Waals surface area contributed by atoms with Crippen LogP contribution in [-0.4, -0.2) is 25.7 Å². The van der Waals surface area contributed by atoms with Gasteiger partial charge in [0.25, 0.3) is 0 Å². The van der Waals surface area contributed by atoms with Crippen molar-refractivity contribution in [1.29, 1.82) is 0 Å². The zero-order valence-electron chi connectivity index (χ0n) is 13.0. The van der Waals surface area contributed by atoms with E-state index in [9.17, 15) is 9.90 Å². The fourth-order valence-corrected chi connectivity index (χ4v) is 2.67. The van der Waals surface area contributed by atoms with Gasteiger partial charge < -0.3 is 20.3 Å². The number of carboxylic acids is 1. The molecular formula is C17H16N4O2S. The number of rotatable bonds is 4. The molecule has 6 nitrogen and oxygen atoms in total. The van der Waals surface area contributed by atoms with E-state index in [1.165, 1.54) is 0 Å². The molecule has 0 unspecified atom stereocenters. The molecule has 1 heterocycles. The highest BCUT2D eigenvalue weighted by Crippen LogP contribution is 2.23. The molecule has 1 aromatic heterocycles. The van der Waals surface area contributed by atoms with Gasteiger partial charge in [-0.2, -0.15) is 0 Å². The molecule has 0 aliphatic rings. The van der Waals surface area contributed by atoms with E-state index in [2.05, 4.69) is 15.6 Å². The molecular weight excluding hydrogens is 324 g/mol. The third-order valence-corrected chi connectivity index (χ3v) is 3.84. The van der Waals surface area contributed by atoms with E-state index >= 15 is 0 Å². The molecule has 122 valence electrons. The largest absolute Gasteiger partial charge is 0.478 e. The summed E-state index contributed by atoms with van der Waals surface area (Å²) >= 11 is 5.28. The first kappa shape index (κ1) is 15.9. The molecule has 7 heteroatoms. The van der Waals surface area contributed by atoms with Gasteiger partial charge in [0.15, 0.2) is 5.11 Å². The molecule has 3 aromatic rings. The lowest BCUT2D eigenvalue weighted by molar-refractivity contribution is 0.0698. The van der Waals surface area contributed by atoms with Crippen molar-refractivity contribution >= 4 is 40.0 Å². The Bertz CT molecular complexity index is 906. The average Bonchev–Trinajstić information content (AvgIpc) is 2.94. The van der Waals surface area contributed by atoms with Crippen LogP contribution in [0.5, 0.6) is 0 Å². The smallest absolute Gasteiger partial charge is 0.337 e. The summed E-state index contributed by atoms with van der Waals surface area (Å²) in [7, 11) is 1.76. The fraction of sp³-hybridized carbons (Fsp3) is 0.118. The maximum absolute atomic E-state index is 11.5. The second-order valence-corrected chi connectivity index (χ2v) is 5.75. The first-order valence-electron chi connectivity index (χ1n) is 7.32. The minimum Gasteiger partial charge on any atom is -0.478 e. The second kappa shape index (κ2) is 6.67. The molecule has 0 aliphatic heterocycles. The van der Waals surface area contributed by atoms with Crippen molar-refractivity contribution in [3.8, 4) is 0 Å². The first-order chi connectivity index (χ1) is 11.5.